The number of hydrogen-bond donors (Lipinski definition) is 3. The fourth-order valence-corrected chi connectivity index (χ4v) is 5.24. The Bertz CT molecular complexity index is 867. The molecule has 0 radical (unpaired) electrons. The van der Waals surface area contributed by atoms with Gasteiger partial charge in [-0.25, -0.2) is 0 Å². The van der Waals surface area contributed by atoms with E-state index in [9.17, 15) is 28.0 Å². The van der Waals surface area contributed by atoms with Crippen LogP contribution in [-0.2, 0) is 19.6 Å². The Hall–Kier alpha value is -1.20. The molecule has 0 amide bonds. The van der Waals surface area contributed by atoms with Crippen molar-refractivity contribution in [3.05, 3.63) is 50.1 Å². The molecule has 0 fully saturated rings. The molecule has 10 heteroatoms. The number of carbonyl (C=O) groups excluding carboxylic acids is 1. The number of para-hydroxylation sites is 1. The number of benzene rings is 1. The van der Waals surface area contributed by atoms with Crippen molar-refractivity contribution in [3.63, 3.8) is 0 Å². The van der Waals surface area contributed by atoms with Gasteiger partial charge in [-0.05, 0) is 0 Å². The summed E-state index contributed by atoms with van der Waals surface area (Å²) in [6.45, 7) is 0. The maximum absolute atomic E-state index is 12.7. The topological polar surface area (TPSA) is 130 Å². The minimum atomic E-state index is -4.89. The average Bonchev–Trinajstić information content (AvgIpc) is 2.55. The van der Waals surface area contributed by atoms with Crippen molar-refractivity contribution in [1.82, 2.24) is 0 Å². The normalized spacial score (nSPS) is 20.4. The summed E-state index contributed by atoms with van der Waals surface area (Å²) in [5.74, 6) is -3.97. The fraction of sp³-hybridized carbons (Fsp3) is 0.267. The van der Waals surface area contributed by atoms with Crippen molar-refractivity contribution in [3.8, 4) is 5.75 Å². The van der Waals surface area contributed by atoms with Crippen LogP contribution in [0.5, 0.6) is 5.75 Å². The maximum atomic E-state index is 12.7. The number of phenolic OH excluding ortho intramolecular Hbond substituents is 1. The minimum absolute atomic E-state index is 0.119. The first-order chi connectivity index (χ1) is 11.6. The van der Waals surface area contributed by atoms with Gasteiger partial charge in [0.1, 0.15) is 0 Å². The third-order valence-corrected chi connectivity index (χ3v) is 6.19. The van der Waals surface area contributed by atoms with Gasteiger partial charge in [-0.2, -0.15) is 0 Å². The summed E-state index contributed by atoms with van der Waals surface area (Å²) < 4.78 is 43.9. The standard InChI is InChI=1S/C15H15O8S.Na/c1-22-15(23-2)8-7-10(13(18)14(15)24(19,20)21)12(17)9-5-3-4-6-11(9)16;/h3-7,14,16,18H,1-2H3,(H,19,20,21);. The van der Waals surface area contributed by atoms with Gasteiger partial charge in [-0.3, -0.25) is 0 Å². The molecule has 1 aromatic rings. The molecule has 0 aliphatic heterocycles. The molecule has 0 aromatic heterocycles. The van der Waals surface area contributed by atoms with Gasteiger partial charge in [0.2, 0.25) is 0 Å². The molecule has 2 rings (SSSR count). The molecule has 0 saturated carbocycles. The van der Waals surface area contributed by atoms with E-state index in [1.807, 2.05) is 0 Å². The number of ether oxygens (including phenoxy) is 2. The molecule has 1 aliphatic rings. The second-order valence-corrected chi connectivity index (χ2v) is 8.02. The van der Waals surface area contributed by atoms with E-state index in [4.69, 9.17) is 9.47 Å². The zero-order valence-corrected chi connectivity index (χ0v) is 16.6. The number of aliphatic hydroxyl groups is 1. The fourth-order valence-electron chi connectivity index (χ4n) is 2.87. The molecule has 25 heavy (non-hydrogen) atoms. The Morgan fingerprint density at radius 1 is 1.20 bits per heavy atom. The predicted octanol–water partition coefficient (Wildman–Crippen LogP) is 0.699. The first kappa shape index (κ1) is 20.1. The van der Waals surface area contributed by atoms with Crippen LogP contribution in [0.15, 0.2) is 44.5 Å². The van der Waals surface area contributed by atoms with Gasteiger partial charge in [0.25, 0.3) is 0 Å². The second-order valence-electron chi connectivity index (χ2n) is 5.44. The number of methoxy groups -OCH3 is 2. The predicted molar refractivity (Wildman–Crippen MR) is 88.0 cm³/mol. The van der Waals surface area contributed by atoms with Crippen molar-refractivity contribution in [2.75, 3.05) is 14.2 Å². The quantitative estimate of drug-likeness (QED) is 0.295. The zero-order valence-electron chi connectivity index (χ0n) is 13.8. The molecule has 1 aromatic carbocycles. The molecule has 0 heterocycles. The molecule has 1 aliphatic carbocycles. The van der Waals surface area contributed by atoms with Gasteiger partial charge in [0.05, 0.1) is 0 Å². The Balaban J connectivity index is 2.72. The molecule has 1 atom stereocenters. The van der Waals surface area contributed by atoms with Gasteiger partial charge < -0.3 is 0 Å². The summed E-state index contributed by atoms with van der Waals surface area (Å²) in [5, 5.41) is 18.3. The molecule has 3 N–H and O–H groups in total. The molecule has 1 unspecified atom stereocenters. The zero-order chi connectivity index (χ0) is 19.0. The second kappa shape index (κ2) is 7.20. The van der Waals surface area contributed by atoms with E-state index < -0.39 is 32.7 Å². The average molecular weight is 378 g/mol. The van der Waals surface area contributed by atoms with Crippen LogP contribution in [0.3, 0.4) is 0 Å². The number of aromatic hydroxyl groups is 1. The van der Waals surface area contributed by atoms with E-state index in [0.29, 0.717) is 0 Å². The Labute approximate surface area is 161 Å². The number of Topliss-reactive ketones (excluding diaryl/α,β-unsaturated/α-hetero) is 1. The summed E-state index contributed by atoms with van der Waals surface area (Å²) in [6, 6.07) is 5.63. The number of rotatable bonds is 5. The number of allylic oxidation sites excluding steroid dienone is 2. The van der Waals surface area contributed by atoms with Crippen LogP contribution in [-0.4, -0.2) is 82.2 Å². The van der Waals surface area contributed by atoms with Crippen molar-refractivity contribution in [2.45, 2.75) is 11.0 Å². The summed E-state index contributed by atoms with van der Waals surface area (Å²) >= 11 is 0.210. The van der Waals surface area contributed by atoms with E-state index in [-0.39, 0.29) is 47.6 Å². The molecule has 0 saturated heterocycles. The molecular formula is C15H15NaO8S. The van der Waals surface area contributed by atoms with E-state index in [1.165, 1.54) is 30.3 Å². The van der Waals surface area contributed by atoms with Crippen LogP contribution in [0, 0.1) is 0 Å². The number of hydrogen-bond acceptors (Lipinski definition) is 7. The van der Waals surface area contributed by atoms with Gasteiger partial charge in [0, 0.05) is 0 Å². The van der Waals surface area contributed by atoms with Crippen LogP contribution in [0.2, 0.25) is 0 Å². The van der Waals surface area contributed by atoms with E-state index in [2.05, 4.69) is 0 Å². The molecule has 0 bridgehead atoms. The van der Waals surface area contributed by atoms with E-state index in [1.54, 1.807) is 0 Å². The third kappa shape index (κ3) is 3.41. The summed E-state index contributed by atoms with van der Waals surface area (Å²) in [5.41, 5.74) is -0.481. The number of aliphatic hydroxyl groups excluding tert-OH is 1. The third-order valence-electron chi connectivity index (χ3n) is 4.08. The summed E-state index contributed by atoms with van der Waals surface area (Å²) in [4.78, 5) is 12.7. The molecular weight excluding hydrogens is 363 g/mol. The van der Waals surface area contributed by atoms with Crippen molar-refractivity contribution in [2.24, 2.45) is 0 Å². The SMILES string of the molecule is COC1(OC)[C]([Na])=CC(C(=O)c2ccccc2O)=C(O)C1S(=O)(=O)O. The van der Waals surface area contributed by atoms with Crippen LogP contribution in [0.25, 0.3) is 0 Å². The van der Waals surface area contributed by atoms with Crippen LogP contribution >= 0.6 is 0 Å². The Morgan fingerprint density at radius 2 is 1.76 bits per heavy atom. The van der Waals surface area contributed by atoms with Gasteiger partial charge >= 0.3 is 162 Å². The van der Waals surface area contributed by atoms with Crippen molar-refractivity contribution < 1.29 is 37.5 Å². The monoisotopic (exact) mass is 378 g/mol. The number of carbonyl (C=O) groups is 1. The summed E-state index contributed by atoms with van der Waals surface area (Å²) in [6.07, 6.45) is 1.25. The van der Waals surface area contributed by atoms with Gasteiger partial charge in [-0.15, -0.1) is 0 Å². The number of phenols is 1. The molecule has 0 spiro atoms. The Kier molecular flexibility index (Phi) is 5.79. The van der Waals surface area contributed by atoms with Gasteiger partial charge in [0.15, 0.2) is 0 Å². The Morgan fingerprint density at radius 3 is 2.24 bits per heavy atom. The summed E-state index contributed by atoms with van der Waals surface area (Å²) in [7, 11) is -2.56. The van der Waals surface area contributed by atoms with Crippen LogP contribution in [0.1, 0.15) is 10.4 Å². The van der Waals surface area contributed by atoms with Crippen molar-refractivity contribution >= 4 is 43.8 Å². The number of ketones is 1. The molecule has 8 nitrogen and oxygen atoms in total. The van der Waals surface area contributed by atoms with E-state index in [0.717, 1.165) is 14.2 Å². The van der Waals surface area contributed by atoms with Gasteiger partial charge in [-0.1, -0.05) is 0 Å². The van der Waals surface area contributed by atoms with Crippen molar-refractivity contribution in [1.29, 1.82) is 0 Å². The first-order valence-corrected chi connectivity index (χ1v) is 9.61. The van der Waals surface area contributed by atoms with E-state index >= 15 is 0 Å². The van der Waals surface area contributed by atoms with Crippen LogP contribution < -0.4 is 0 Å². The van der Waals surface area contributed by atoms with Crippen LogP contribution in [0.4, 0.5) is 0 Å². The molecule has 130 valence electrons. The first-order valence-electron chi connectivity index (χ1n) is 7.11.